The van der Waals surface area contributed by atoms with E-state index in [2.05, 4.69) is 31.0 Å². The Morgan fingerprint density at radius 1 is 1.05 bits per heavy atom. The van der Waals surface area contributed by atoms with Crippen LogP contribution in [0.15, 0.2) is 0 Å². The number of hydrogen-bond donors (Lipinski definition) is 2. The molecule has 0 unspecified atom stereocenters. The SMILES string of the molecule is CC(C)(C)N1CCN(C(=O)NC(=O)CCCC(=O)O)CC1. The highest BCUT2D eigenvalue weighted by atomic mass is 16.4. The standard InChI is InChI=1S/C14H25N3O4/c1-14(2,3)17-9-7-16(8-10-17)13(21)15-11(18)5-4-6-12(19)20/h4-10H2,1-3H3,(H,19,20)(H,15,18,21). The number of urea groups is 1. The van der Waals surface area contributed by atoms with Crippen molar-refractivity contribution < 1.29 is 19.5 Å². The van der Waals surface area contributed by atoms with E-state index in [-0.39, 0.29) is 30.8 Å². The van der Waals surface area contributed by atoms with Gasteiger partial charge in [0.05, 0.1) is 0 Å². The van der Waals surface area contributed by atoms with E-state index in [1.54, 1.807) is 4.90 Å². The van der Waals surface area contributed by atoms with Crippen molar-refractivity contribution in [1.29, 1.82) is 0 Å². The third-order valence-corrected chi connectivity index (χ3v) is 3.56. The van der Waals surface area contributed by atoms with Crippen LogP contribution < -0.4 is 5.32 Å². The number of hydrogen-bond acceptors (Lipinski definition) is 4. The number of rotatable bonds is 4. The number of carbonyl (C=O) groups excluding carboxylic acids is 2. The van der Waals surface area contributed by atoms with Crippen LogP contribution in [0.25, 0.3) is 0 Å². The molecule has 0 aromatic carbocycles. The van der Waals surface area contributed by atoms with E-state index < -0.39 is 11.9 Å². The molecule has 120 valence electrons. The molecule has 21 heavy (non-hydrogen) atoms. The Labute approximate surface area is 125 Å². The largest absolute Gasteiger partial charge is 0.481 e. The van der Waals surface area contributed by atoms with Gasteiger partial charge in [-0.15, -0.1) is 0 Å². The molecule has 0 aromatic heterocycles. The van der Waals surface area contributed by atoms with Crippen molar-refractivity contribution in [3.63, 3.8) is 0 Å². The van der Waals surface area contributed by atoms with Gasteiger partial charge in [0.25, 0.3) is 0 Å². The van der Waals surface area contributed by atoms with Crippen molar-refractivity contribution in [3.8, 4) is 0 Å². The maximum absolute atomic E-state index is 11.9. The highest BCUT2D eigenvalue weighted by molar-refractivity contribution is 5.94. The summed E-state index contributed by atoms with van der Waals surface area (Å²) < 4.78 is 0. The fourth-order valence-electron chi connectivity index (χ4n) is 2.24. The lowest BCUT2D eigenvalue weighted by Crippen LogP contribution is -2.56. The normalized spacial score (nSPS) is 16.6. The first-order chi connectivity index (χ1) is 9.70. The predicted molar refractivity (Wildman–Crippen MR) is 77.9 cm³/mol. The molecule has 1 heterocycles. The van der Waals surface area contributed by atoms with Crippen molar-refractivity contribution in [2.75, 3.05) is 26.2 Å². The minimum Gasteiger partial charge on any atom is -0.481 e. The summed E-state index contributed by atoms with van der Waals surface area (Å²) in [5, 5.41) is 10.8. The number of amides is 3. The topological polar surface area (TPSA) is 90.0 Å². The van der Waals surface area contributed by atoms with E-state index in [9.17, 15) is 14.4 Å². The first kappa shape index (κ1) is 17.4. The van der Waals surface area contributed by atoms with Crippen LogP contribution in [-0.2, 0) is 9.59 Å². The van der Waals surface area contributed by atoms with Crippen molar-refractivity contribution in [2.24, 2.45) is 0 Å². The Kier molecular flexibility index (Phi) is 6.14. The van der Waals surface area contributed by atoms with Gasteiger partial charge < -0.3 is 10.0 Å². The average molecular weight is 299 g/mol. The molecule has 7 heteroatoms. The Balaban J connectivity index is 2.31. The summed E-state index contributed by atoms with van der Waals surface area (Å²) in [6.45, 7) is 9.14. The molecule has 1 aliphatic heterocycles. The molecule has 1 aliphatic rings. The summed E-state index contributed by atoms with van der Waals surface area (Å²) >= 11 is 0. The lowest BCUT2D eigenvalue weighted by atomic mass is 10.1. The molecule has 0 saturated carbocycles. The van der Waals surface area contributed by atoms with E-state index in [1.165, 1.54) is 0 Å². The van der Waals surface area contributed by atoms with E-state index in [0.29, 0.717) is 13.1 Å². The highest BCUT2D eigenvalue weighted by Crippen LogP contribution is 2.15. The molecule has 0 spiro atoms. The lowest BCUT2D eigenvalue weighted by molar-refractivity contribution is -0.137. The number of carboxylic acid groups (broad SMARTS) is 1. The molecule has 0 aliphatic carbocycles. The number of nitrogens with one attached hydrogen (secondary N) is 1. The Hall–Kier alpha value is -1.63. The van der Waals surface area contributed by atoms with Gasteiger partial charge in [-0.2, -0.15) is 0 Å². The van der Waals surface area contributed by atoms with Crippen molar-refractivity contribution in [1.82, 2.24) is 15.1 Å². The molecule has 0 aromatic rings. The third-order valence-electron chi connectivity index (χ3n) is 3.56. The zero-order valence-corrected chi connectivity index (χ0v) is 13.0. The lowest BCUT2D eigenvalue weighted by Gasteiger charge is -2.42. The van der Waals surface area contributed by atoms with Gasteiger partial charge in [0.15, 0.2) is 0 Å². The fourth-order valence-corrected chi connectivity index (χ4v) is 2.24. The molecule has 7 nitrogen and oxygen atoms in total. The Bertz CT molecular complexity index is 396. The van der Waals surface area contributed by atoms with Crippen LogP contribution in [0, 0.1) is 0 Å². The minimum atomic E-state index is -0.938. The molecule has 1 fully saturated rings. The molecular weight excluding hydrogens is 274 g/mol. The number of nitrogens with zero attached hydrogens (tertiary/aromatic N) is 2. The minimum absolute atomic E-state index is 0.0556. The molecule has 3 amide bonds. The molecule has 1 rings (SSSR count). The van der Waals surface area contributed by atoms with Gasteiger partial charge in [-0.1, -0.05) is 0 Å². The number of carboxylic acids is 1. The monoisotopic (exact) mass is 299 g/mol. The van der Waals surface area contributed by atoms with Gasteiger partial charge >= 0.3 is 12.0 Å². The Morgan fingerprint density at radius 2 is 1.62 bits per heavy atom. The van der Waals surface area contributed by atoms with Crippen LogP contribution in [-0.4, -0.2) is 64.5 Å². The molecule has 0 atom stereocenters. The second-order valence-corrected chi connectivity index (χ2v) is 6.25. The van der Waals surface area contributed by atoms with E-state index in [0.717, 1.165) is 13.1 Å². The first-order valence-corrected chi connectivity index (χ1v) is 7.26. The fraction of sp³-hybridized carbons (Fsp3) is 0.786. The number of imide groups is 1. The van der Waals surface area contributed by atoms with Gasteiger partial charge in [-0.3, -0.25) is 19.8 Å². The molecule has 1 saturated heterocycles. The molecule has 2 N–H and O–H groups in total. The van der Waals surface area contributed by atoms with Crippen molar-refractivity contribution in [3.05, 3.63) is 0 Å². The summed E-state index contributed by atoms with van der Waals surface area (Å²) in [6, 6.07) is -0.385. The van der Waals surface area contributed by atoms with Crippen LogP contribution >= 0.6 is 0 Å². The predicted octanol–water partition coefficient (Wildman–Crippen LogP) is 0.894. The van der Waals surface area contributed by atoms with Crippen LogP contribution in [0.2, 0.25) is 0 Å². The Morgan fingerprint density at radius 3 is 2.10 bits per heavy atom. The maximum atomic E-state index is 11.9. The maximum Gasteiger partial charge on any atom is 0.324 e. The summed E-state index contributed by atoms with van der Waals surface area (Å²) in [5.41, 5.74) is 0.0786. The van der Waals surface area contributed by atoms with Crippen LogP contribution in [0.4, 0.5) is 4.79 Å². The van der Waals surface area contributed by atoms with Crippen LogP contribution in [0.5, 0.6) is 0 Å². The van der Waals surface area contributed by atoms with Gasteiger partial charge in [-0.25, -0.2) is 4.79 Å². The van der Waals surface area contributed by atoms with Crippen LogP contribution in [0.3, 0.4) is 0 Å². The van der Waals surface area contributed by atoms with Crippen molar-refractivity contribution in [2.45, 2.75) is 45.6 Å². The number of aliphatic carboxylic acids is 1. The zero-order chi connectivity index (χ0) is 16.0. The smallest absolute Gasteiger partial charge is 0.324 e. The first-order valence-electron chi connectivity index (χ1n) is 7.26. The summed E-state index contributed by atoms with van der Waals surface area (Å²) in [4.78, 5) is 37.7. The average Bonchev–Trinajstić information content (AvgIpc) is 2.37. The van der Waals surface area contributed by atoms with Gasteiger partial charge in [0, 0.05) is 44.6 Å². The molecule has 0 radical (unpaired) electrons. The zero-order valence-electron chi connectivity index (χ0n) is 13.0. The summed E-state index contributed by atoms with van der Waals surface area (Å²) in [6.07, 6.45) is 0.234. The molecular formula is C14H25N3O4. The van der Waals surface area contributed by atoms with E-state index in [4.69, 9.17) is 5.11 Å². The summed E-state index contributed by atoms with van der Waals surface area (Å²) in [7, 11) is 0. The van der Waals surface area contributed by atoms with Gasteiger partial charge in [0.1, 0.15) is 0 Å². The number of piperazine rings is 1. The van der Waals surface area contributed by atoms with Gasteiger partial charge in [-0.05, 0) is 27.2 Å². The number of carbonyl (C=O) groups is 3. The van der Waals surface area contributed by atoms with Crippen molar-refractivity contribution >= 4 is 17.9 Å². The van der Waals surface area contributed by atoms with E-state index in [1.807, 2.05) is 0 Å². The van der Waals surface area contributed by atoms with E-state index >= 15 is 0 Å². The highest BCUT2D eigenvalue weighted by Gasteiger charge is 2.28. The van der Waals surface area contributed by atoms with Crippen LogP contribution in [0.1, 0.15) is 40.0 Å². The third kappa shape index (κ3) is 6.12. The summed E-state index contributed by atoms with van der Waals surface area (Å²) in [5.74, 6) is -1.35. The quantitative estimate of drug-likeness (QED) is 0.805. The second-order valence-electron chi connectivity index (χ2n) is 6.25. The molecule has 0 bridgehead atoms. The van der Waals surface area contributed by atoms with Gasteiger partial charge in [0.2, 0.25) is 5.91 Å². The second kappa shape index (κ2) is 7.40.